The third kappa shape index (κ3) is 4.33. The lowest BCUT2D eigenvalue weighted by atomic mass is 9.81. The van der Waals surface area contributed by atoms with E-state index in [0.29, 0.717) is 12.0 Å². The zero-order valence-corrected chi connectivity index (χ0v) is 18.8. The van der Waals surface area contributed by atoms with Gasteiger partial charge in [-0.25, -0.2) is 8.78 Å². The van der Waals surface area contributed by atoms with Crippen LogP contribution in [0.15, 0.2) is 84.9 Å². The summed E-state index contributed by atoms with van der Waals surface area (Å²) in [5.41, 5.74) is 7.77. The summed E-state index contributed by atoms with van der Waals surface area (Å²) < 4.78 is 28.9. The van der Waals surface area contributed by atoms with Crippen molar-refractivity contribution in [1.82, 2.24) is 4.90 Å². The number of hydrogen-bond acceptors (Lipinski definition) is 2. The maximum atomic E-state index is 14.8. The molecule has 0 saturated carbocycles. The third-order valence-electron chi connectivity index (χ3n) is 6.15. The van der Waals surface area contributed by atoms with Gasteiger partial charge >= 0.3 is 0 Å². The molecule has 0 fully saturated rings. The number of nitrogens with two attached hydrogens (primary N) is 1. The van der Waals surface area contributed by atoms with Gasteiger partial charge in [0.15, 0.2) is 0 Å². The molecule has 0 bridgehead atoms. The lowest BCUT2D eigenvalue weighted by Crippen LogP contribution is -2.52. The van der Waals surface area contributed by atoms with Crippen molar-refractivity contribution in [2.24, 2.45) is 11.7 Å². The molecule has 33 heavy (non-hydrogen) atoms. The predicted octanol–water partition coefficient (Wildman–Crippen LogP) is 5.51. The Morgan fingerprint density at radius 2 is 1.55 bits per heavy atom. The number of nitrogens with zero attached hydrogens (tertiary/aromatic N) is 1. The van der Waals surface area contributed by atoms with E-state index in [2.05, 4.69) is 0 Å². The Hall–Kier alpha value is -3.31. The van der Waals surface area contributed by atoms with E-state index in [1.165, 1.54) is 6.07 Å². The molecule has 4 rings (SSSR count). The molecule has 1 amide bonds. The minimum atomic E-state index is -0.998. The number of halogens is 2. The second-order valence-electron chi connectivity index (χ2n) is 8.95. The second kappa shape index (κ2) is 9.28. The fraction of sp³-hybridized carbons (Fsp3) is 0.250. The first kappa shape index (κ1) is 22.9. The number of carbonyl (C=O) groups is 1. The van der Waals surface area contributed by atoms with E-state index >= 15 is 0 Å². The Labute approximate surface area is 193 Å². The van der Waals surface area contributed by atoms with Crippen LogP contribution in [0.5, 0.6) is 0 Å². The average molecular weight is 447 g/mol. The molecule has 0 saturated heterocycles. The van der Waals surface area contributed by atoms with E-state index < -0.39 is 23.2 Å². The normalized spacial score (nSPS) is 16.1. The molecule has 3 aromatic rings. The van der Waals surface area contributed by atoms with Crippen LogP contribution >= 0.6 is 0 Å². The molecule has 0 aliphatic carbocycles. The van der Waals surface area contributed by atoms with Crippen molar-refractivity contribution in [1.29, 1.82) is 0 Å². The smallest absolute Gasteiger partial charge is 0.241 e. The van der Waals surface area contributed by atoms with Crippen LogP contribution in [0.2, 0.25) is 0 Å². The molecule has 3 nitrogen and oxygen atoms in total. The number of benzene rings is 3. The summed E-state index contributed by atoms with van der Waals surface area (Å²) in [7, 11) is 0. The van der Waals surface area contributed by atoms with Crippen LogP contribution in [0.25, 0.3) is 5.57 Å². The van der Waals surface area contributed by atoms with Crippen molar-refractivity contribution in [3.8, 4) is 0 Å². The van der Waals surface area contributed by atoms with E-state index in [4.69, 9.17) is 5.73 Å². The molecule has 0 aromatic heterocycles. The lowest BCUT2D eigenvalue weighted by Gasteiger charge is -2.40. The summed E-state index contributed by atoms with van der Waals surface area (Å²) in [5, 5.41) is 0. The van der Waals surface area contributed by atoms with E-state index in [9.17, 15) is 13.6 Å². The van der Waals surface area contributed by atoms with Crippen LogP contribution in [0.3, 0.4) is 0 Å². The van der Waals surface area contributed by atoms with Gasteiger partial charge in [-0.15, -0.1) is 0 Å². The molecular weight excluding hydrogens is 418 g/mol. The minimum absolute atomic E-state index is 0.120. The Balaban J connectivity index is 1.95. The van der Waals surface area contributed by atoms with E-state index in [0.717, 1.165) is 23.3 Å². The van der Waals surface area contributed by atoms with Crippen LogP contribution in [-0.2, 0) is 10.3 Å². The van der Waals surface area contributed by atoms with E-state index in [-0.39, 0.29) is 23.9 Å². The van der Waals surface area contributed by atoms with Gasteiger partial charge in [-0.3, -0.25) is 4.79 Å². The van der Waals surface area contributed by atoms with Crippen molar-refractivity contribution in [3.63, 3.8) is 0 Å². The first-order valence-electron chi connectivity index (χ1n) is 11.2. The first-order chi connectivity index (χ1) is 15.8. The van der Waals surface area contributed by atoms with Crippen LogP contribution in [-0.4, -0.2) is 23.4 Å². The molecule has 3 aromatic carbocycles. The molecule has 0 unspecified atom stereocenters. The number of hydrogen-bond donors (Lipinski definition) is 1. The molecule has 0 radical (unpaired) electrons. The van der Waals surface area contributed by atoms with E-state index in [1.807, 2.05) is 80.6 Å². The number of amides is 1. The summed E-state index contributed by atoms with van der Waals surface area (Å²) >= 11 is 0. The van der Waals surface area contributed by atoms with E-state index in [1.54, 1.807) is 4.90 Å². The van der Waals surface area contributed by atoms with Crippen LogP contribution < -0.4 is 5.73 Å². The average Bonchev–Trinajstić information content (AvgIpc) is 3.22. The Kier molecular flexibility index (Phi) is 6.43. The van der Waals surface area contributed by atoms with Crippen molar-refractivity contribution < 1.29 is 13.6 Å². The highest BCUT2D eigenvalue weighted by Gasteiger charge is 2.47. The monoisotopic (exact) mass is 446 g/mol. The van der Waals surface area contributed by atoms with Crippen molar-refractivity contribution in [2.45, 2.75) is 31.8 Å². The Morgan fingerprint density at radius 3 is 2.09 bits per heavy atom. The molecular formula is C28H28F2N2O. The molecule has 2 N–H and O–H groups in total. The Bertz CT molecular complexity index is 1120. The maximum absolute atomic E-state index is 14.8. The highest BCUT2D eigenvalue weighted by atomic mass is 19.1. The quantitative estimate of drug-likeness (QED) is 0.543. The summed E-state index contributed by atoms with van der Waals surface area (Å²) in [4.78, 5) is 15.5. The molecule has 1 atom stereocenters. The zero-order chi connectivity index (χ0) is 23.6. The maximum Gasteiger partial charge on any atom is 0.241 e. The van der Waals surface area contributed by atoms with Gasteiger partial charge < -0.3 is 10.6 Å². The molecule has 5 heteroatoms. The van der Waals surface area contributed by atoms with Crippen LogP contribution in [0, 0.1) is 17.6 Å². The predicted molar refractivity (Wildman–Crippen MR) is 127 cm³/mol. The SMILES string of the molecule is CC(C)C[C@H](N)C(=O)N1CC(c2cc(F)ccc2F)=CC1(c1ccccc1)c1ccccc1. The first-order valence-corrected chi connectivity index (χ1v) is 11.2. The third-order valence-corrected chi connectivity index (χ3v) is 6.15. The second-order valence-corrected chi connectivity index (χ2v) is 8.95. The molecule has 1 heterocycles. The van der Waals surface area contributed by atoms with Gasteiger partial charge in [-0.1, -0.05) is 74.5 Å². The van der Waals surface area contributed by atoms with Gasteiger partial charge in [0.05, 0.1) is 6.04 Å². The highest BCUT2D eigenvalue weighted by Crippen LogP contribution is 2.46. The fourth-order valence-electron chi connectivity index (χ4n) is 4.67. The number of carbonyl (C=O) groups excluding carboxylic acids is 1. The lowest BCUT2D eigenvalue weighted by molar-refractivity contribution is -0.135. The minimum Gasteiger partial charge on any atom is -0.320 e. The van der Waals surface area contributed by atoms with Gasteiger partial charge in [0.1, 0.15) is 17.2 Å². The van der Waals surface area contributed by atoms with Gasteiger partial charge in [-0.05, 0) is 53.3 Å². The molecule has 1 aliphatic rings. The molecule has 170 valence electrons. The molecule has 1 aliphatic heterocycles. The topological polar surface area (TPSA) is 46.3 Å². The number of rotatable bonds is 6. The van der Waals surface area contributed by atoms with Crippen molar-refractivity contribution in [3.05, 3.63) is 113 Å². The van der Waals surface area contributed by atoms with Crippen LogP contribution in [0.4, 0.5) is 8.78 Å². The summed E-state index contributed by atoms with van der Waals surface area (Å²) in [6, 6.07) is 21.9. The van der Waals surface area contributed by atoms with Crippen LogP contribution in [0.1, 0.15) is 37.0 Å². The molecule has 0 spiro atoms. The standard InChI is InChI=1S/C28H28F2N2O/c1-19(2)15-26(31)27(33)32-18-20(24-16-23(29)13-14-25(24)30)17-28(32,21-9-5-3-6-10-21)22-11-7-4-8-12-22/h3-14,16-17,19,26H,15,18,31H2,1-2H3/t26-/m0/s1. The van der Waals surface area contributed by atoms with Gasteiger partial charge in [0.2, 0.25) is 5.91 Å². The highest BCUT2D eigenvalue weighted by molar-refractivity contribution is 5.89. The van der Waals surface area contributed by atoms with Gasteiger partial charge in [0.25, 0.3) is 0 Å². The van der Waals surface area contributed by atoms with Crippen molar-refractivity contribution in [2.75, 3.05) is 6.54 Å². The fourth-order valence-corrected chi connectivity index (χ4v) is 4.67. The summed E-state index contributed by atoms with van der Waals surface area (Å²) in [6.45, 7) is 4.16. The summed E-state index contributed by atoms with van der Waals surface area (Å²) in [6.07, 6.45) is 2.41. The Morgan fingerprint density at radius 1 is 0.970 bits per heavy atom. The van der Waals surface area contributed by atoms with Gasteiger partial charge in [0, 0.05) is 12.1 Å². The zero-order valence-electron chi connectivity index (χ0n) is 18.8. The summed E-state index contributed by atoms with van der Waals surface area (Å²) in [5.74, 6) is -1.04. The van der Waals surface area contributed by atoms with Crippen molar-refractivity contribution >= 4 is 11.5 Å². The largest absolute Gasteiger partial charge is 0.320 e. The van der Waals surface area contributed by atoms with Gasteiger partial charge in [-0.2, -0.15) is 0 Å².